The van der Waals surface area contributed by atoms with Crippen LogP contribution >= 0.6 is 11.6 Å². The van der Waals surface area contributed by atoms with Crippen LogP contribution in [0.1, 0.15) is 43.6 Å². The van der Waals surface area contributed by atoms with Crippen LogP contribution in [-0.4, -0.2) is 21.5 Å². The van der Waals surface area contributed by atoms with Crippen LogP contribution in [0.5, 0.6) is 0 Å². The summed E-state index contributed by atoms with van der Waals surface area (Å²) in [5.41, 5.74) is 3.53. The molecular weight excluding hydrogens is 382 g/mol. The Hall–Kier alpha value is -2.59. The van der Waals surface area contributed by atoms with Crippen LogP contribution in [-0.2, 0) is 0 Å². The number of nitrogens with one attached hydrogen (secondary N) is 1. The number of nitrogens with zero attached hydrogens (tertiary/aromatic N) is 2. The Kier molecular flexibility index (Phi) is 5.72. The van der Waals surface area contributed by atoms with Gasteiger partial charge in [-0.1, -0.05) is 62.6 Å². The molecule has 2 aromatic carbocycles. The molecule has 150 valence electrons. The standard InChI is InChI=1S/C24H26ClN3O/c1-16-6-3-11-22(17(16)2)27-24(29)23-14-26-15-28(23)21-10-5-8-19(13-21)18-7-4-9-20(25)12-18/h4-5,7-10,12-17,22H,3,6,11H2,1-2H3,(H,27,29). The van der Waals surface area contributed by atoms with Gasteiger partial charge in [0.1, 0.15) is 5.69 Å². The average Bonchev–Trinajstić information content (AvgIpc) is 3.22. The highest BCUT2D eigenvalue weighted by atomic mass is 35.5. The second kappa shape index (κ2) is 8.42. The second-order valence-corrected chi connectivity index (χ2v) is 8.49. The van der Waals surface area contributed by atoms with Crippen molar-refractivity contribution in [3.8, 4) is 16.8 Å². The van der Waals surface area contributed by atoms with Gasteiger partial charge in [-0.25, -0.2) is 4.98 Å². The van der Waals surface area contributed by atoms with Crippen LogP contribution in [0.4, 0.5) is 0 Å². The zero-order valence-electron chi connectivity index (χ0n) is 16.8. The third-order valence-corrected chi connectivity index (χ3v) is 6.41. The summed E-state index contributed by atoms with van der Waals surface area (Å²) in [5, 5.41) is 3.95. The number of carbonyl (C=O) groups is 1. The Morgan fingerprint density at radius 1 is 1.10 bits per heavy atom. The predicted octanol–water partition coefficient (Wildman–Crippen LogP) is 5.75. The number of imidazole rings is 1. The molecule has 0 bridgehead atoms. The molecule has 1 saturated carbocycles. The van der Waals surface area contributed by atoms with Crippen molar-refractivity contribution in [2.24, 2.45) is 11.8 Å². The fourth-order valence-corrected chi connectivity index (χ4v) is 4.39. The SMILES string of the molecule is CC1CCCC(NC(=O)c2cncn2-c2cccc(-c3cccc(Cl)c3)c2)C1C. The summed E-state index contributed by atoms with van der Waals surface area (Å²) in [6.45, 7) is 4.51. The van der Waals surface area contributed by atoms with E-state index in [0.29, 0.717) is 22.6 Å². The number of carbonyl (C=O) groups excluding carboxylic acids is 1. The predicted molar refractivity (Wildman–Crippen MR) is 117 cm³/mol. The molecule has 4 nitrogen and oxygen atoms in total. The van der Waals surface area contributed by atoms with Crippen molar-refractivity contribution in [2.75, 3.05) is 0 Å². The van der Waals surface area contributed by atoms with Crippen molar-refractivity contribution in [1.29, 1.82) is 0 Å². The van der Waals surface area contributed by atoms with E-state index in [1.165, 1.54) is 6.42 Å². The zero-order chi connectivity index (χ0) is 20.4. The van der Waals surface area contributed by atoms with Gasteiger partial charge in [-0.3, -0.25) is 9.36 Å². The summed E-state index contributed by atoms with van der Waals surface area (Å²) in [4.78, 5) is 17.3. The number of rotatable bonds is 4. The summed E-state index contributed by atoms with van der Waals surface area (Å²) < 4.78 is 1.85. The maximum absolute atomic E-state index is 13.0. The number of aromatic nitrogens is 2. The van der Waals surface area contributed by atoms with E-state index in [-0.39, 0.29) is 11.9 Å². The van der Waals surface area contributed by atoms with Crippen molar-refractivity contribution in [3.63, 3.8) is 0 Å². The lowest BCUT2D eigenvalue weighted by atomic mass is 9.78. The molecule has 1 fully saturated rings. The smallest absolute Gasteiger partial charge is 0.270 e. The highest BCUT2D eigenvalue weighted by molar-refractivity contribution is 6.30. The van der Waals surface area contributed by atoms with E-state index in [2.05, 4.69) is 30.2 Å². The number of halogens is 1. The normalized spacial score (nSPS) is 21.7. The molecule has 29 heavy (non-hydrogen) atoms. The summed E-state index contributed by atoms with van der Waals surface area (Å²) in [6, 6.07) is 16.0. The van der Waals surface area contributed by atoms with Gasteiger partial charge in [0.05, 0.1) is 12.5 Å². The molecule has 4 rings (SSSR count). The lowest BCUT2D eigenvalue weighted by Crippen LogP contribution is -2.44. The minimum Gasteiger partial charge on any atom is -0.348 e. The van der Waals surface area contributed by atoms with E-state index in [4.69, 9.17) is 11.6 Å². The van der Waals surface area contributed by atoms with Gasteiger partial charge in [-0.2, -0.15) is 0 Å². The minimum absolute atomic E-state index is 0.0680. The van der Waals surface area contributed by atoms with Crippen LogP contribution in [0, 0.1) is 11.8 Å². The number of hydrogen-bond acceptors (Lipinski definition) is 2. The molecule has 3 aromatic rings. The van der Waals surface area contributed by atoms with Gasteiger partial charge in [0.15, 0.2) is 0 Å². The first-order valence-electron chi connectivity index (χ1n) is 10.2. The van der Waals surface area contributed by atoms with Crippen LogP contribution in [0.2, 0.25) is 5.02 Å². The lowest BCUT2D eigenvalue weighted by Gasteiger charge is -2.34. The largest absolute Gasteiger partial charge is 0.348 e. The maximum atomic E-state index is 13.0. The molecule has 0 aliphatic heterocycles. The summed E-state index contributed by atoms with van der Waals surface area (Å²) in [5.74, 6) is 1.05. The molecule has 3 atom stereocenters. The van der Waals surface area contributed by atoms with Crippen molar-refractivity contribution in [1.82, 2.24) is 14.9 Å². The molecule has 0 radical (unpaired) electrons. The van der Waals surface area contributed by atoms with Gasteiger partial charge < -0.3 is 5.32 Å². The first-order valence-corrected chi connectivity index (χ1v) is 10.6. The van der Waals surface area contributed by atoms with E-state index in [9.17, 15) is 4.79 Å². The molecule has 3 unspecified atom stereocenters. The summed E-state index contributed by atoms with van der Waals surface area (Å²) in [7, 11) is 0. The Bertz CT molecular complexity index is 1010. The van der Waals surface area contributed by atoms with Crippen molar-refractivity contribution >= 4 is 17.5 Å². The van der Waals surface area contributed by atoms with E-state index < -0.39 is 0 Å². The summed E-state index contributed by atoms with van der Waals surface area (Å²) in [6.07, 6.45) is 6.77. The van der Waals surface area contributed by atoms with E-state index in [0.717, 1.165) is 29.7 Å². The van der Waals surface area contributed by atoms with Gasteiger partial charge in [-0.05, 0) is 53.6 Å². The van der Waals surface area contributed by atoms with Gasteiger partial charge in [0.25, 0.3) is 5.91 Å². The third-order valence-electron chi connectivity index (χ3n) is 6.18. The Labute approximate surface area is 176 Å². The molecule has 0 spiro atoms. The monoisotopic (exact) mass is 407 g/mol. The molecule has 1 aliphatic carbocycles. The molecule has 5 heteroatoms. The quantitative estimate of drug-likeness (QED) is 0.598. The van der Waals surface area contributed by atoms with E-state index in [1.807, 2.05) is 47.0 Å². The first kappa shape index (κ1) is 19.7. The van der Waals surface area contributed by atoms with Crippen LogP contribution in [0.25, 0.3) is 16.8 Å². The number of benzene rings is 2. The highest BCUT2D eigenvalue weighted by Crippen LogP contribution is 2.30. The molecule has 1 N–H and O–H groups in total. The fourth-order valence-electron chi connectivity index (χ4n) is 4.20. The molecule has 0 saturated heterocycles. The molecule has 1 heterocycles. The van der Waals surface area contributed by atoms with Crippen LogP contribution in [0.3, 0.4) is 0 Å². The zero-order valence-corrected chi connectivity index (χ0v) is 17.6. The van der Waals surface area contributed by atoms with Crippen LogP contribution < -0.4 is 5.32 Å². The number of hydrogen-bond donors (Lipinski definition) is 1. The molecule has 1 aliphatic rings. The number of amides is 1. The van der Waals surface area contributed by atoms with E-state index in [1.54, 1.807) is 12.5 Å². The lowest BCUT2D eigenvalue weighted by molar-refractivity contribution is 0.0884. The van der Waals surface area contributed by atoms with E-state index >= 15 is 0 Å². The summed E-state index contributed by atoms with van der Waals surface area (Å²) >= 11 is 6.15. The molecule has 1 aromatic heterocycles. The average molecular weight is 408 g/mol. The van der Waals surface area contributed by atoms with Crippen molar-refractivity contribution in [3.05, 3.63) is 71.8 Å². The van der Waals surface area contributed by atoms with Gasteiger partial charge in [-0.15, -0.1) is 0 Å². The van der Waals surface area contributed by atoms with Gasteiger partial charge in [0.2, 0.25) is 0 Å². The van der Waals surface area contributed by atoms with Crippen molar-refractivity contribution < 1.29 is 4.79 Å². The van der Waals surface area contributed by atoms with Gasteiger partial charge >= 0.3 is 0 Å². The Morgan fingerprint density at radius 2 is 1.86 bits per heavy atom. The van der Waals surface area contributed by atoms with Crippen molar-refractivity contribution in [2.45, 2.75) is 39.2 Å². The van der Waals surface area contributed by atoms with Crippen LogP contribution in [0.15, 0.2) is 61.1 Å². The second-order valence-electron chi connectivity index (χ2n) is 8.06. The highest BCUT2D eigenvalue weighted by Gasteiger charge is 2.29. The Morgan fingerprint density at radius 3 is 2.66 bits per heavy atom. The third kappa shape index (κ3) is 4.23. The van der Waals surface area contributed by atoms with Gasteiger partial charge in [0, 0.05) is 16.8 Å². The topological polar surface area (TPSA) is 46.9 Å². The Balaban J connectivity index is 1.59. The maximum Gasteiger partial charge on any atom is 0.270 e. The molecule has 1 amide bonds. The molecular formula is C24H26ClN3O. The fraction of sp³-hybridized carbons (Fsp3) is 0.333. The first-order chi connectivity index (χ1) is 14.0. The minimum atomic E-state index is -0.0680.